The molecule has 0 atom stereocenters. The second kappa shape index (κ2) is 4.94. The average molecular weight is 273 g/mol. The molecule has 3 rings (SSSR count). The molecule has 3 nitrogen and oxygen atoms in total. The molecule has 0 aliphatic heterocycles. The van der Waals surface area contributed by atoms with Gasteiger partial charge in [-0.2, -0.15) is 0 Å². The Morgan fingerprint density at radius 2 is 1.95 bits per heavy atom. The summed E-state index contributed by atoms with van der Waals surface area (Å²) < 4.78 is 0. The van der Waals surface area contributed by atoms with Gasteiger partial charge in [0.1, 0.15) is 5.01 Å². The Hall–Kier alpha value is -1.39. The third kappa shape index (κ3) is 2.51. The van der Waals surface area contributed by atoms with Crippen LogP contribution in [0.2, 0.25) is 0 Å². The average Bonchev–Trinajstić information content (AvgIpc) is 3.18. The first kappa shape index (κ1) is 12.6. The fourth-order valence-electron chi connectivity index (χ4n) is 2.21. The lowest BCUT2D eigenvalue weighted by atomic mass is 10.2. The van der Waals surface area contributed by atoms with Gasteiger partial charge in [0, 0.05) is 42.7 Å². The van der Waals surface area contributed by atoms with Crippen LogP contribution in [-0.4, -0.2) is 19.1 Å². The summed E-state index contributed by atoms with van der Waals surface area (Å²) in [7, 11) is 4.10. The molecule has 2 N–H and O–H groups in total. The predicted octanol–water partition coefficient (Wildman–Crippen LogP) is 3.21. The predicted molar refractivity (Wildman–Crippen MR) is 81.7 cm³/mol. The molecule has 2 aromatic rings. The van der Waals surface area contributed by atoms with Crippen LogP contribution in [0.5, 0.6) is 0 Å². The Labute approximate surface area is 118 Å². The Kier molecular flexibility index (Phi) is 3.29. The number of rotatable bonds is 4. The van der Waals surface area contributed by atoms with Crippen LogP contribution in [0.25, 0.3) is 10.6 Å². The number of nitrogens with two attached hydrogens (primary N) is 1. The van der Waals surface area contributed by atoms with Crippen molar-refractivity contribution in [1.82, 2.24) is 4.98 Å². The van der Waals surface area contributed by atoms with Crippen molar-refractivity contribution in [1.29, 1.82) is 0 Å². The van der Waals surface area contributed by atoms with Gasteiger partial charge in [0.15, 0.2) is 0 Å². The number of nitrogens with zero attached hydrogens (tertiary/aromatic N) is 2. The van der Waals surface area contributed by atoms with Gasteiger partial charge in [-0.05, 0) is 37.1 Å². The van der Waals surface area contributed by atoms with Crippen LogP contribution in [0, 0.1) is 0 Å². The van der Waals surface area contributed by atoms with E-state index in [1.807, 2.05) is 0 Å². The molecule has 0 amide bonds. The van der Waals surface area contributed by atoms with Gasteiger partial charge >= 0.3 is 0 Å². The van der Waals surface area contributed by atoms with Crippen LogP contribution < -0.4 is 10.6 Å². The first-order chi connectivity index (χ1) is 9.19. The van der Waals surface area contributed by atoms with Crippen LogP contribution in [-0.2, 0) is 6.54 Å². The van der Waals surface area contributed by atoms with Gasteiger partial charge in [-0.25, -0.2) is 4.98 Å². The molecule has 0 saturated heterocycles. The summed E-state index contributed by atoms with van der Waals surface area (Å²) >= 11 is 1.75. The highest BCUT2D eigenvalue weighted by Crippen LogP contribution is 2.44. The fraction of sp³-hybridized carbons (Fsp3) is 0.400. The van der Waals surface area contributed by atoms with Crippen LogP contribution in [0.3, 0.4) is 0 Å². The number of anilines is 1. The molecule has 4 heteroatoms. The molecule has 1 aliphatic rings. The monoisotopic (exact) mass is 273 g/mol. The lowest BCUT2D eigenvalue weighted by molar-refractivity contribution is 0.980. The van der Waals surface area contributed by atoms with E-state index >= 15 is 0 Å². The molecular formula is C15H19N3S. The maximum Gasteiger partial charge on any atom is 0.123 e. The second-order valence-electron chi connectivity index (χ2n) is 5.25. The second-order valence-corrected chi connectivity index (χ2v) is 6.33. The molecule has 1 aromatic heterocycles. The van der Waals surface area contributed by atoms with Crippen molar-refractivity contribution in [3.63, 3.8) is 0 Å². The van der Waals surface area contributed by atoms with E-state index < -0.39 is 0 Å². The minimum Gasteiger partial charge on any atom is -0.378 e. The summed E-state index contributed by atoms with van der Waals surface area (Å²) in [4.78, 5) is 8.17. The van der Waals surface area contributed by atoms with Crippen LogP contribution in [0.1, 0.15) is 29.3 Å². The molecule has 0 bridgehead atoms. The zero-order valence-electron chi connectivity index (χ0n) is 11.4. The van der Waals surface area contributed by atoms with Crippen molar-refractivity contribution >= 4 is 17.0 Å². The molecule has 19 heavy (non-hydrogen) atoms. The van der Waals surface area contributed by atoms with Crippen molar-refractivity contribution in [2.75, 3.05) is 19.0 Å². The van der Waals surface area contributed by atoms with Crippen molar-refractivity contribution in [2.45, 2.75) is 25.3 Å². The third-order valence-corrected chi connectivity index (χ3v) is 4.65. The number of thiazole rings is 1. The molecule has 1 fully saturated rings. The van der Waals surface area contributed by atoms with E-state index in [0.717, 1.165) is 5.01 Å². The Balaban J connectivity index is 1.92. The zero-order chi connectivity index (χ0) is 13.4. The zero-order valence-corrected chi connectivity index (χ0v) is 12.2. The third-order valence-electron chi connectivity index (χ3n) is 3.51. The standard InChI is InChI=1S/C15H19N3S/c1-18(2)12-7-5-11(6-8-12)15-17-14(10-3-4-10)13(9-16)19-15/h5-8,10H,3-4,9,16H2,1-2H3. The highest BCUT2D eigenvalue weighted by molar-refractivity contribution is 7.15. The first-order valence-electron chi connectivity index (χ1n) is 6.66. The molecule has 1 aliphatic carbocycles. The lowest BCUT2D eigenvalue weighted by Crippen LogP contribution is -2.07. The highest BCUT2D eigenvalue weighted by atomic mass is 32.1. The van der Waals surface area contributed by atoms with Gasteiger partial charge in [0.05, 0.1) is 5.69 Å². The molecule has 0 radical (unpaired) electrons. The SMILES string of the molecule is CN(C)c1ccc(-c2nc(C3CC3)c(CN)s2)cc1. The van der Waals surface area contributed by atoms with Gasteiger partial charge < -0.3 is 10.6 Å². The number of benzene rings is 1. The van der Waals surface area contributed by atoms with Crippen molar-refractivity contribution in [3.8, 4) is 10.6 Å². The number of aromatic nitrogens is 1. The summed E-state index contributed by atoms with van der Waals surface area (Å²) in [5, 5.41) is 1.10. The maximum absolute atomic E-state index is 5.84. The Morgan fingerprint density at radius 1 is 1.26 bits per heavy atom. The summed E-state index contributed by atoms with van der Waals surface area (Å²) in [6.07, 6.45) is 2.55. The molecular weight excluding hydrogens is 254 g/mol. The fourth-order valence-corrected chi connectivity index (χ4v) is 3.24. The van der Waals surface area contributed by atoms with Crippen molar-refractivity contribution < 1.29 is 0 Å². The topological polar surface area (TPSA) is 42.2 Å². The van der Waals surface area contributed by atoms with E-state index in [9.17, 15) is 0 Å². The molecule has 1 heterocycles. The Morgan fingerprint density at radius 3 is 2.47 bits per heavy atom. The minimum absolute atomic E-state index is 0.610. The smallest absolute Gasteiger partial charge is 0.123 e. The molecule has 1 aromatic carbocycles. The number of hydrogen-bond donors (Lipinski definition) is 1. The van der Waals surface area contributed by atoms with Gasteiger partial charge in [-0.3, -0.25) is 0 Å². The summed E-state index contributed by atoms with van der Waals surface area (Å²) in [5.41, 5.74) is 9.49. The summed E-state index contributed by atoms with van der Waals surface area (Å²) in [6.45, 7) is 0.610. The molecule has 1 saturated carbocycles. The van der Waals surface area contributed by atoms with E-state index in [1.54, 1.807) is 11.3 Å². The van der Waals surface area contributed by atoms with E-state index in [0.29, 0.717) is 12.5 Å². The highest BCUT2D eigenvalue weighted by Gasteiger charge is 2.29. The molecule has 0 unspecified atom stereocenters. The first-order valence-corrected chi connectivity index (χ1v) is 7.48. The van der Waals surface area contributed by atoms with E-state index in [-0.39, 0.29) is 0 Å². The molecule has 0 spiro atoms. The van der Waals surface area contributed by atoms with Crippen LogP contribution in [0.4, 0.5) is 5.69 Å². The summed E-state index contributed by atoms with van der Waals surface area (Å²) in [6, 6.07) is 8.56. The van der Waals surface area contributed by atoms with Gasteiger partial charge in [-0.1, -0.05) is 0 Å². The largest absolute Gasteiger partial charge is 0.378 e. The van der Waals surface area contributed by atoms with Gasteiger partial charge in [-0.15, -0.1) is 11.3 Å². The van der Waals surface area contributed by atoms with Crippen molar-refractivity contribution in [2.24, 2.45) is 5.73 Å². The van der Waals surface area contributed by atoms with E-state index in [1.165, 1.54) is 34.7 Å². The molecule has 100 valence electrons. The minimum atomic E-state index is 0.610. The quantitative estimate of drug-likeness (QED) is 0.930. The Bertz CT molecular complexity index is 568. The lowest BCUT2D eigenvalue weighted by Gasteiger charge is -2.11. The van der Waals surface area contributed by atoms with E-state index in [4.69, 9.17) is 10.7 Å². The van der Waals surface area contributed by atoms with Crippen LogP contribution in [0.15, 0.2) is 24.3 Å². The normalized spacial score (nSPS) is 14.7. The number of hydrogen-bond acceptors (Lipinski definition) is 4. The van der Waals surface area contributed by atoms with Crippen LogP contribution >= 0.6 is 11.3 Å². The summed E-state index contributed by atoms with van der Waals surface area (Å²) in [5.74, 6) is 0.671. The van der Waals surface area contributed by atoms with Gasteiger partial charge in [0.25, 0.3) is 0 Å². The van der Waals surface area contributed by atoms with Crippen molar-refractivity contribution in [3.05, 3.63) is 34.8 Å². The maximum atomic E-state index is 5.84. The van der Waals surface area contributed by atoms with E-state index in [2.05, 4.69) is 43.3 Å². The van der Waals surface area contributed by atoms with Gasteiger partial charge in [0.2, 0.25) is 0 Å².